The number of carbonyl (C=O) groups excluding carboxylic acids is 4. The quantitative estimate of drug-likeness (QED) is 0.247. The molecule has 38 heavy (non-hydrogen) atoms. The smallest absolute Gasteiger partial charge is 0.347 e. The van der Waals surface area contributed by atoms with Crippen molar-refractivity contribution in [1.82, 2.24) is 10.0 Å². The van der Waals surface area contributed by atoms with Crippen molar-refractivity contribution in [2.75, 3.05) is 6.54 Å². The van der Waals surface area contributed by atoms with E-state index in [1.165, 1.54) is 19.9 Å². The maximum absolute atomic E-state index is 13.0. The molecule has 0 unspecified atom stereocenters. The van der Waals surface area contributed by atoms with Crippen molar-refractivity contribution in [2.24, 2.45) is 0 Å². The van der Waals surface area contributed by atoms with Crippen molar-refractivity contribution >= 4 is 55.4 Å². The molecule has 5 atom stereocenters. The fourth-order valence-corrected chi connectivity index (χ4v) is 8.47. The number of esters is 3. The van der Waals surface area contributed by atoms with Crippen molar-refractivity contribution in [1.29, 1.82) is 0 Å². The van der Waals surface area contributed by atoms with E-state index in [4.69, 9.17) is 14.2 Å². The third-order valence-corrected chi connectivity index (χ3v) is 11.3. The Labute approximate surface area is 226 Å². The van der Waals surface area contributed by atoms with Crippen LogP contribution in [0, 0.1) is 6.42 Å². The van der Waals surface area contributed by atoms with Crippen molar-refractivity contribution < 1.29 is 50.2 Å². The Kier molecular flexibility index (Phi) is 10.6. The van der Waals surface area contributed by atoms with Crippen LogP contribution in [0.2, 0.25) is 0 Å². The molecule has 0 bridgehead atoms. The highest BCUT2D eigenvalue weighted by Gasteiger charge is 2.44. The Morgan fingerprint density at radius 1 is 1.08 bits per heavy atom. The molecule has 16 heteroatoms. The molecule has 0 aromatic heterocycles. The Hall–Kier alpha value is -2.43. The Bertz CT molecular complexity index is 1250. The van der Waals surface area contributed by atoms with Crippen LogP contribution in [0.25, 0.3) is 0 Å². The summed E-state index contributed by atoms with van der Waals surface area (Å²) in [7, 11) is -8.25. The van der Waals surface area contributed by atoms with Gasteiger partial charge in [-0.3, -0.25) is 9.59 Å². The topological polar surface area (TPSA) is 188 Å². The monoisotopic (exact) mass is 595 g/mol. The van der Waals surface area contributed by atoms with Gasteiger partial charge in [0.25, 0.3) is 15.9 Å². The molecule has 1 radical (unpaired) electrons. The lowest BCUT2D eigenvalue weighted by molar-refractivity contribution is -0.178. The molecular weight excluding hydrogens is 564 g/mol. The molecule has 2 rings (SSSR count). The highest BCUT2D eigenvalue weighted by atomic mass is 32.3. The van der Waals surface area contributed by atoms with E-state index in [0.29, 0.717) is 23.9 Å². The van der Waals surface area contributed by atoms with E-state index in [1.807, 2.05) is 0 Å². The van der Waals surface area contributed by atoms with Crippen LogP contribution in [0.4, 0.5) is 0 Å². The first-order chi connectivity index (χ1) is 17.5. The first-order valence-corrected chi connectivity index (χ1v) is 15.5. The summed E-state index contributed by atoms with van der Waals surface area (Å²) in [4.78, 5) is 48.0. The minimum Gasteiger partial charge on any atom is -0.450 e. The average molecular weight is 596 g/mol. The van der Waals surface area contributed by atoms with E-state index >= 15 is 0 Å². The van der Waals surface area contributed by atoms with Gasteiger partial charge in [0, 0.05) is 0 Å². The number of amides is 1. The number of nitrogens with one attached hydrogen (secondary N) is 2. The lowest BCUT2D eigenvalue weighted by atomic mass is 10.0. The summed E-state index contributed by atoms with van der Waals surface area (Å²) in [6.07, 6.45) is -1.76. The minimum absolute atomic E-state index is 0.0573. The fourth-order valence-electron chi connectivity index (χ4n) is 3.35. The second-order valence-corrected chi connectivity index (χ2v) is 14.0. The molecule has 0 fully saturated rings. The Morgan fingerprint density at radius 2 is 1.63 bits per heavy atom. The summed E-state index contributed by atoms with van der Waals surface area (Å²) < 4.78 is 67.2. The van der Waals surface area contributed by atoms with Gasteiger partial charge in [-0.2, -0.15) is 0 Å². The number of sulfonamides is 1. The fraction of sp³-hybridized carbons (Fsp3) is 0.591. The lowest BCUT2D eigenvalue weighted by Gasteiger charge is -2.23. The van der Waals surface area contributed by atoms with Gasteiger partial charge in [-0.1, -0.05) is 25.6 Å². The first-order valence-electron chi connectivity index (χ1n) is 11.6. The normalized spacial score (nSPS) is 22.8. The van der Waals surface area contributed by atoms with E-state index in [9.17, 15) is 36.0 Å². The zero-order valence-corrected chi connectivity index (χ0v) is 24.1. The highest BCUT2D eigenvalue weighted by Crippen LogP contribution is 2.47. The van der Waals surface area contributed by atoms with Gasteiger partial charge in [-0.05, 0) is 52.3 Å². The average Bonchev–Trinajstić information content (AvgIpc) is 3.06. The van der Waals surface area contributed by atoms with Crippen LogP contribution < -0.4 is 10.0 Å². The maximum atomic E-state index is 13.0. The van der Waals surface area contributed by atoms with Crippen LogP contribution in [0.3, 0.4) is 0 Å². The van der Waals surface area contributed by atoms with Crippen LogP contribution in [-0.2, 0) is 53.2 Å². The summed E-state index contributed by atoms with van der Waals surface area (Å²) >= 11 is 0.544. The van der Waals surface area contributed by atoms with E-state index < -0.39 is 73.3 Å². The molecule has 0 saturated heterocycles. The standard InChI is InChI=1S/C22H31N2O11S3/c1-7-17(25)33-13(5)20(27)35-14(6)21(28)34-12(4)19(26)24-38(31,32)18-10-16(23-8-2)15-9-11(3)37(29,30)22(15)36-18/h7,10-14,16,23H,8-9H2,1-6H3,(H,24,26)/t11-,12-,13-,14-,16-/m0/s1. The van der Waals surface area contributed by atoms with Gasteiger partial charge in [-0.25, -0.2) is 31.1 Å². The molecule has 0 spiro atoms. The molecule has 0 aromatic rings. The molecule has 1 amide bonds. The SMILES string of the molecule is C[CH]C(=O)O[C@@H](C)C(=O)O[C@@H](C)C(=O)O[C@@H](C)C(=O)NS(=O)(=O)C1=C[C@H](NCC)C2=C(S1)S(=O)(=O)[C@@H](C)C2. The number of likely N-dealkylation sites (N-methyl/N-ethyl adjacent to an activating group) is 1. The van der Waals surface area contributed by atoms with E-state index in [2.05, 4.69) is 5.32 Å². The second kappa shape index (κ2) is 12.6. The highest BCUT2D eigenvalue weighted by molar-refractivity contribution is 8.28. The third-order valence-electron chi connectivity index (χ3n) is 5.50. The number of thioether (sulfide) groups is 1. The van der Waals surface area contributed by atoms with E-state index in [0.717, 1.165) is 20.3 Å². The molecule has 2 heterocycles. The van der Waals surface area contributed by atoms with Crippen LogP contribution in [0.5, 0.6) is 0 Å². The summed E-state index contributed by atoms with van der Waals surface area (Å²) in [5, 5.41) is 2.33. The Balaban J connectivity index is 2.05. The molecule has 213 valence electrons. The molecule has 2 N–H and O–H groups in total. The zero-order valence-electron chi connectivity index (χ0n) is 21.7. The van der Waals surface area contributed by atoms with Gasteiger partial charge < -0.3 is 19.5 Å². The molecule has 2 aliphatic heterocycles. The third kappa shape index (κ3) is 7.36. The predicted octanol–water partition coefficient (Wildman–Crippen LogP) is 0.437. The summed E-state index contributed by atoms with van der Waals surface area (Å²) in [6, 6.07) is -0.652. The predicted molar refractivity (Wildman–Crippen MR) is 137 cm³/mol. The Morgan fingerprint density at radius 3 is 2.18 bits per heavy atom. The van der Waals surface area contributed by atoms with Gasteiger partial charge >= 0.3 is 17.9 Å². The largest absolute Gasteiger partial charge is 0.450 e. The van der Waals surface area contributed by atoms with Crippen molar-refractivity contribution in [2.45, 2.75) is 77.6 Å². The molecule has 0 aliphatic carbocycles. The summed E-state index contributed by atoms with van der Waals surface area (Å²) in [5.74, 6) is -4.17. The maximum Gasteiger partial charge on any atom is 0.347 e. The van der Waals surface area contributed by atoms with Gasteiger partial charge in [-0.15, -0.1) is 0 Å². The van der Waals surface area contributed by atoms with Crippen LogP contribution in [0.15, 0.2) is 20.1 Å². The number of rotatable bonds is 11. The molecule has 0 saturated carbocycles. The molecule has 2 aliphatic rings. The van der Waals surface area contributed by atoms with E-state index in [1.54, 1.807) is 18.6 Å². The number of ether oxygens (including phenoxy) is 3. The van der Waals surface area contributed by atoms with Gasteiger partial charge in [0.05, 0.1) is 17.7 Å². The second-order valence-electron chi connectivity index (χ2n) is 8.49. The lowest BCUT2D eigenvalue weighted by Crippen LogP contribution is -2.42. The summed E-state index contributed by atoms with van der Waals surface area (Å²) in [5.41, 5.74) is 0.567. The van der Waals surface area contributed by atoms with Gasteiger partial charge in [0.15, 0.2) is 28.1 Å². The molecule has 0 aromatic carbocycles. The zero-order chi connectivity index (χ0) is 29.0. The van der Waals surface area contributed by atoms with Crippen molar-refractivity contribution in [3.05, 3.63) is 26.5 Å². The van der Waals surface area contributed by atoms with Crippen molar-refractivity contribution in [3.63, 3.8) is 0 Å². The van der Waals surface area contributed by atoms with Gasteiger partial charge in [0.2, 0.25) is 0 Å². The van der Waals surface area contributed by atoms with Gasteiger partial charge in [0.1, 0.15) is 8.47 Å². The molecular formula is C22H31N2O11S3. The van der Waals surface area contributed by atoms with Crippen molar-refractivity contribution in [3.8, 4) is 0 Å². The first kappa shape index (κ1) is 31.8. The van der Waals surface area contributed by atoms with E-state index in [-0.39, 0.29) is 14.9 Å². The minimum atomic E-state index is -4.53. The number of hydrogen-bond donors (Lipinski definition) is 2. The molecule has 13 nitrogen and oxygen atoms in total. The van der Waals surface area contributed by atoms with Crippen LogP contribution in [-0.4, -0.2) is 76.8 Å². The number of carbonyl (C=O) groups is 4. The van der Waals surface area contributed by atoms with Crippen LogP contribution in [0.1, 0.15) is 48.0 Å². The number of hydrogen-bond acceptors (Lipinski definition) is 13. The summed E-state index contributed by atoms with van der Waals surface area (Å²) in [6.45, 7) is 8.65. The van der Waals surface area contributed by atoms with Crippen LogP contribution >= 0.6 is 11.8 Å². The number of sulfone groups is 1.